The van der Waals surface area contributed by atoms with Crippen molar-refractivity contribution in [2.24, 2.45) is 5.16 Å². The van der Waals surface area contributed by atoms with Crippen molar-refractivity contribution in [2.45, 2.75) is 37.7 Å². The van der Waals surface area contributed by atoms with Gasteiger partial charge in [0.1, 0.15) is 6.61 Å². The van der Waals surface area contributed by atoms with E-state index < -0.39 is 5.41 Å². The summed E-state index contributed by atoms with van der Waals surface area (Å²) in [5, 5.41) is 11.5. The lowest BCUT2D eigenvalue weighted by molar-refractivity contribution is 0.127. The molecule has 0 bridgehead atoms. The maximum absolute atomic E-state index is 5.95. The molecule has 1 atom stereocenters. The summed E-state index contributed by atoms with van der Waals surface area (Å²) in [6.07, 6.45) is 5.86. The lowest BCUT2D eigenvalue weighted by Gasteiger charge is -2.38. The van der Waals surface area contributed by atoms with Crippen LogP contribution in [-0.2, 0) is 16.9 Å². The number of fused-ring (bicyclic) bond motifs is 2. The molecule has 0 amide bonds. The van der Waals surface area contributed by atoms with Gasteiger partial charge in [-0.05, 0) is 59.4 Å². The van der Waals surface area contributed by atoms with Crippen LogP contribution in [0, 0.1) is 0 Å². The van der Waals surface area contributed by atoms with E-state index >= 15 is 0 Å². The molecular weight excluding hydrogens is 426 g/mol. The Labute approximate surface area is 199 Å². The van der Waals surface area contributed by atoms with Crippen LogP contribution in [0.25, 0.3) is 21.7 Å². The summed E-state index contributed by atoms with van der Waals surface area (Å²) in [5.74, 6) is 0. The zero-order chi connectivity index (χ0) is 22.7. The van der Waals surface area contributed by atoms with E-state index in [2.05, 4.69) is 59.9 Å². The molecule has 1 fully saturated rings. The van der Waals surface area contributed by atoms with E-state index in [-0.39, 0.29) is 0 Å². The molecule has 1 unspecified atom stereocenters. The summed E-state index contributed by atoms with van der Waals surface area (Å²) in [4.78, 5) is 11.4. The molecular formula is C28H27N3OS. The maximum Gasteiger partial charge on any atom is 0.142 e. The van der Waals surface area contributed by atoms with E-state index in [4.69, 9.17) is 27.2 Å². The minimum Gasteiger partial charge on any atom is -0.391 e. The topological polar surface area (TPSA) is 46.5 Å². The Morgan fingerprint density at radius 1 is 1.00 bits per heavy atom. The van der Waals surface area contributed by atoms with Crippen LogP contribution in [0.3, 0.4) is 0 Å². The second-order valence-corrected chi connectivity index (χ2v) is 9.01. The van der Waals surface area contributed by atoms with Crippen LogP contribution in [0.5, 0.6) is 0 Å². The number of nitrogens with zero attached hydrogens (tertiary/aromatic N) is 2. The summed E-state index contributed by atoms with van der Waals surface area (Å²) in [6.45, 7) is 0.423. The second kappa shape index (κ2) is 9.28. The van der Waals surface area contributed by atoms with Crippen LogP contribution in [0.1, 0.15) is 36.8 Å². The largest absolute Gasteiger partial charge is 0.391 e. The third-order valence-corrected chi connectivity index (χ3v) is 7.18. The Morgan fingerprint density at radius 3 is 2.64 bits per heavy atom. The van der Waals surface area contributed by atoms with Crippen molar-refractivity contribution in [3.8, 4) is 0 Å². The fraction of sp³-hybridized carbons (Fsp3) is 0.250. The van der Waals surface area contributed by atoms with Gasteiger partial charge in [0.15, 0.2) is 0 Å². The molecule has 1 aromatic heterocycles. The predicted octanol–water partition coefficient (Wildman–Crippen LogP) is 6.32. The first kappa shape index (κ1) is 21.5. The van der Waals surface area contributed by atoms with E-state index in [9.17, 15) is 0 Å². The van der Waals surface area contributed by atoms with Gasteiger partial charge in [-0.1, -0.05) is 78.4 Å². The number of benzene rings is 3. The Morgan fingerprint density at radius 2 is 1.79 bits per heavy atom. The molecule has 4 aromatic rings. The van der Waals surface area contributed by atoms with Crippen molar-refractivity contribution in [3.05, 3.63) is 90.1 Å². The maximum atomic E-state index is 5.95. The van der Waals surface area contributed by atoms with Gasteiger partial charge in [-0.2, -0.15) is 0 Å². The molecule has 0 spiro atoms. The van der Waals surface area contributed by atoms with Crippen LogP contribution in [-0.4, -0.2) is 22.7 Å². The molecule has 166 valence electrons. The van der Waals surface area contributed by atoms with E-state index in [1.807, 2.05) is 31.4 Å². The first-order chi connectivity index (χ1) is 16.2. The number of para-hydroxylation sites is 1. The first-order valence-corrected chi connectivity index (χ1v) is 11.9. The Balaban J connectivity index is 1.48. The van der Waals surface area contributed by atoms with Crippen LogP contribution >= 0.6 is 12.2 Å². The van der Waals surface area contributed by atoms with Gasteiger partial charge in [-0.15, -0.1) is 0 Å². The van der Waals surface area contributed by atoms with Crippen molar-refractivity contribution in [1.29, 1.82) is 0 Å². The zero-order valence-electron chi connectivity index (χ0n) is 18.8. The van der Waals surface area contributed by atoms with Crippen LogP contribution in [0.4, 0.5) is 0 Å². The summed E-state index contributed by atoms with van der Waals surface area (Å²) < 4.78 is 0. The number of aromatic nitrogens is 1. The fourth-order valence-electron chi connectivity index (χ4n) is 4.88. The minimum absolute atomic E-state index is 0.423. The summed E-state index contributed by atoms with van der Waals surface area (Å²) in [7, 11) is 1.89. The molecule has 1 aliphatic rings. The lowest BCUT2D eigenvalue weighted by atomic mass is 9.68. The molecule has 1 saturated carbocycles. The van der Waals surface area contributed by atoms with Crippen LogP contribution in [0.15, 0.2) is 84.1 Å². The molecule has 33 heavy (non-hydrogen) atoms. The molecule has 3 aromatic carbocycles. The molecule has 0 aliphatic heterocycles. The van der Waals surface area contributed by atoms with Crippen molar-refractivity contribution < 1.29 is 4.84 Å². The number of hydrogen-bond acceptors (Lipinski definition) is 4. The normalized spacial score (nSPS) is 19.6. The SMILES string of the molecule is CNC(=S)C1(c2cnc3ccccc3c2)CCCC/C1=N\OCc1ccc2ccccc2c1. The number of pyridine rings is 1. The highest BCUT2D eigenvalue weighted by molar-refractivity contribution is 7.80. The van der Waals surface area contributed by atoms with Crippen molar-refractivity contribution in [2.75, 3.05) is 7.05 Å². The quantitative estimate of drug-likeness (QED) is 0.284. The summed E-state index contributed by atoms with van der Waals surface area (Å²) in [5.41, 5.74) is 3.64. The molecule has 0 radical (unpaired) electrons. The molecule has 1 heterocycles. The minimum atomic E-state index is -0.497. The monoisotopic (exact) mass is 453 g/mol. The van der Waals surface area contributed by atoms with E-state index in [1.54, 1.807) is 0 Å². The predicted molar refractivity (Wildman–Crippen MR) is 140 cm³/mol. The first-order valence-electron chi connectivity index (χ1n) is 11.5. The average molecular weight is 454 g/mol. The van der Waals surface area contributed by atoms with E-state index in [1.165, 1.54) is 10.8 Å². The van der Waals surface area contributed by atoms with Crippen molar-refractivity contribution >= 4 is 44.6 Å². The van der Waals surface area contributed by atoms with Gasteiger partial charge in [0.05, 0.1) is 21.6 Å². The molecule has 1 aliphatic carbocycles. The molecule has 1 N–H and O–H groups in total. The van der Waals surface area contributed by atoms with Gasteiger partial charge >= 0.3 is 0 Å². The highest BCUT2D eigenvalue weighted by Crippen LogP contribution is 2.39. The van der Waals surface area contributed by atoms with E-state index in [0.29, 0.717) is 6.61 Å². The van der Waals surface area contributed by atoms with Gasteiger partial charge in [0, 0.05) is 18.6 Å². The van der Waals surface area contributed by atoms with Crippen molar-refractivity contribution in [3.63, 3.8) is 0 Å². The van der Waals surface area contributed by atoms with Gasteiger partial charge in [0.25, 0.3) is 0 Å². The number of likely N-dealkylation sites (N-methyl/N-ethyl adjacent to an activating group) is 1. The highest BCUT2D eigenvalue weighted by atomic mass is 32.1. The summed E-state index contributed by atoms with van der Waals surface area (Å²) >= 11 is 5.89. The zero-order valence-corrected chi connectivity index (χ0v) is 19.6. The number of nitrogens with one attached hydrogen (secondary N) is 1. The second-order valence-electron chi connectivity index (χ2n) is 8.60. The molecule has 4 nitrogen and oxygen atoms in total. The van der Waals surface area contributed by atoms with Crippen LogP contribution in [0.2, 0.25) is 0 Å². The number of oxime groups is 1. The van der Waals surface area contributed by atoms with Gasteiger partial charge in [0.2, 0.25) is 0 Å². The summed E-state index contributed by atoms with van der Waals surface area (Å²) in [6, 6.07) is 25.1. The van der Waals surface area contributed by atoms with E-state index in [0.717, 1.165) is 58.4 Å². The fourth-order valence-corrected chi connectivity index (χ4v) is 5.22. The van der Waals surface area contributed by atoms with Crippen molar-refractivity contribution in [1.82, 2.24) is 10.3 Å². The van der Waals surface area contributed by atoms with Gasteiger partial charge < -0.3 is 10.2 Å². The average Bonchev–Trinajstić information content (AvgIpc) is 2.88. The third kappa shape index (κ3) is 4.09. The van der Waals surface area contributed by atoms with Gasteiger partial charge in [-0.25, -0.2) is 0 Å². The Kier molecular flexibility index (Phi) is 6.05. The Hall–Kier alpha value is -3.31. The number of thiocarbonyl (C=S) groups is 1. The third-order valence-electron chi connectivity index (χ3n) is 6.63. The number of rotatable bonds is 5. The Bertz CT molecular complexity index is 1350. The molecule has 5 rings (SSSR count). The lowest BCUT2D eigenvalue weighted by Crippen LogP contribution is -2.50. The molecule has 0 saturated heterocycles. The smallest absolute Gasteiger partial charge is 0.142 e. The highest BCUT2D eigenvalue weighted by Gasteiger charge is 2.44. The number of hydrogen-bond donors (Lipinski definition) is 1. The molecule has 5 heteroatoms. The van der Waals surface area contributed by atoms with Crippen LogP contribution < -0.4 is 5.32 Å². The van der Waals surface area contributed by atoms with Gasteiger partial charge in [-0.3, -0.25) is 4.98 Å². The standard InChI is InChI=1S/C28H27N3OS/c1-29-27(33)28(24-17-23-10-4-5-11-25(23)30-18-24)15-7-6-12-26(28)31-32-19-20-13-14-21-8-2-3-9-22(21)16-20/h2-5,8-11,13-14,16-18H,6-7,12,15,19H2,1H3,(H,29,33)/b31-26+.